The largest absolute Gasteiger partial charge is 0.369 e. The van der Waals surface area contributed by atoms with Gasteiger partial charge in [0.15, 0.2) is 0 Å². The standard InChI is InChI=1S/C21H28N4O2S.ClH/c1-13-18-15(4-3-5-16(18)25(2)24-13)23-20(26)17-12-14-6-11-27-21(19(14)28-17)7-9-22-10-8-21;/h12,15,22H,3-11H2,1-2H3,(H,23,26);1H. The number of ether oxygens (including phenoxy) is 1. The van der Waals surface area contributed by atoms with Crippen molar-refractivity contribution >= 4 is 29.7 Å². The molecule has 29 heavy (non-hydrogen) atoms. The van der Waals surface area contributed by atoms with Gasteiger partial charge in [-0.1, -0.05) is 0 Å². The molecule has 2 N–H and O–H groups in total. The van der Waals surface area contributed by atoms with Crippen molar-refractivity contribution in [1.29, 1.82) is 0 Å². The number of amides is 1. The molecule has 2 aromatic rings. The third-order valence-electron chi connectivity index (χ3n) is 6.56. The second kappa shape index (κ2) is 8.02. The number of aryl methyl sites for hydroxylation is 2. The fourth-order valence-electron chi connectivity index (χ4n) is 5.20. The molecule has 0 aromatic carbocycles. The zero-order chi connectivity index (χ0) is 19.3. The van der Waals surface area contributed by atoms with Crippen molar-refractivity contribution in [3.05, 3.63) is 38.3 Å². The summed E-state index contributed by atoms with van der Waals surface area (Å²) in [7, 11) is 2.00. The summed E-state index contributed by atoms with van der Waals surface area (Å²) >= 11 is 1.64. The van der Waals surface area contributed by atoms with E-state index in [-0.39, 0.29) is 30.0 Å². The Hall–Kier alpha value is -1.41. The van der Waals surface area contributed by atoms with E-state index in [1.807, 2.05) is 18.7 Å². The van der Waals surface area contributed by atoms with Crippen LogP contribution in [0, 0.1) is 6.92 Å². The van der Waals surface area contributed by atoms with E-state index in [1.54, 1.807) is 11.3 Å². The van der Waals surface area contributed by atoms with Crippen LogP contribution in [0.1, 0.15) is 68.8 Å². The number of nitrogens with zero attached hydrogens (tertiary/aromatic N) is 2. The van der Waals surface area contributed by atoms with Crippen LogP contribution in [0.25, 0.3) is 0 Å². The number of carbonyl (C=O) groups excluding carboxylic acids is 1. The minimum Gasteiger partial charge on any atom is -0.369 e. The molecule has 0 radical (unpaired) electrons. The fourth-order valence-corrected chi connectivity index (χ4v) is 6.51. The Morgan fingerprint density at radius 2 is 2.17 bits per heavy atom. The number of carbonyl (C=O) groups is 1. The van der Waals surface area contributed by atoms with E-state index in [0.717, 1.165) is 68.8 Å². The number of aromatic nitrogens is 2. The van der Waals surface area contributed by atoms with E-state index in [0.29, 0.717) is 0 Å². The van der Waals surface area contributed by atoms with E-state index in [1.165, 1.54) is 21.7 Å². The molecule has 3 aliphatic rings. The molecule has 1 amide bonds. The number of thiophene rings is 1. The quantitative estimate of drug-likeness (QED) is 0.758. The van der Waals surface area contributed by atoms with Gasteiger partial charge in [-0.15, -0.1) is 23.7 Å². The zero-order valence-electron chi connectivity index (χ0n) is 17.0. The van der Waals surface area contributed by atoms with Crippen LogP contribution in [0.4, 0.5) is 0 Å². The van der Waals surface area contributed by atoms with Crippen molar-refractivity contribution < 1.29 is 9.53 Å². The summed E-state index contributed by atoms with van der Waals surface area (Å²) in [6.07, 6.45) is 5.99. The number of fused-ring (bicyclic) bond motifs is 3. The Labute approximate surface area is 181 Å². The topological polar surface area (TPSA) is 68.2 Å². The lowest BCUT2D eigenvalue weighted by molar-refractivity contribution is -0.0771. The Morgan fingerprint density at radius 1 is 1.38 bits per heavy atom. The monoisotopic (exact) mass is 436 g/mol. The van der Waals surface area contributed by atoms with Crippen molar-refractivity contribution in [2.75, 3.05) is 19.7 Å². The minimum absolute atomic E-state index is 0. The summed E-state index contributed by atoms with van der Waals surface area (Å²) in [5.41, 5.74) is 4.66. The van der Waals surface area contributed by atoms with Gasteiger partial charge in [0.1, 0.15) is 5.60 Å². The zero-order valence-corrected chi connectivity index (χ0v) is 18.7. The summed E-state index contributed by atoms with van der Waals surface area (Å²) < 4.78 is 8.25. The average Bonchev–Trinajstić information content (AvgIpc) is 3.26. The highest BCUT2D eigenvalue weighted by atomic mass is 35.5. The van der Waals surface area contributed by atoms with Gasteiger partial charge < -0.3 is 15.4 Å². The van der Waals surface area contributed by atoms with Gasteiger partial charge >= 0.3 is 0 Å². The summed E-state index contributed by atoms with van der Waals surface area (Å²) in [5, 5.41) is 11.3. The first-order chi connectivity index (χ1) is 13.6. The summed E-state index contributed by atoms with van der Waals surface area (Å²) in [4.78, 5) is 15.3. The van der Waals surface area contributed by atoms with Crippen LogP contribution in [0.3, 0.4) is 0 Å². The van der Waals surface area contributed by atoms with Crippen LogP contribution in [0.5, 0.6) is 0 Å². The van der Waals surface area contributed by atoms with Gasteiger partial charge in [0, 0.05) is 23.2 Å². The first-order valence-electron chi connectivity index (χ1n) is 10.4. The molecule has 0 saturated carbocycles. The Balaban J connectivity index is 0.00000205. The van der Waals surface area contributed by atoms with Gasteiger partial charge in [-0.05, 0) is 70.2 Å². The highest BCUT2D eigenvalue weighted by Crippen LogP contribution is 2.44. The van der Waals surface area contributed by atoms with E-state index < -0.39 is 0 Å². The molecule has 1 saturated heterocycles. The summed E-state index contributed by atoms with van der Waals surface area (Å²) in [6.45, 7) is 4.75. The molecule has 5 rings (SSSR count). The molecule has 0 bridgehead atoms. The fraction of sp³-hybridized carbons (Fsp3) is 0.619. The van der Waals surface area contributed by atoms with E-state index in [2.05, 4.69) is 21.8 Å². The number of rotatable bonds is 2. The molecular weight excluding hydrogens is 408 g/mol. The number of hydrogen-bond donors (Lipinski definition) is 2. The highest BCUT2D eigenvalue weighted by molar-refractivity contribution is 7.14. The molecule has 1 spiro atoms. The van der Waals surface area contributed by atoms with Crippen LogP contribution >= 0.6 is 23.7 Å². The van der Waals surface area contributed by atoms with Gasteiger partial charge in [-0.2, -0.15) is 5.10 Å². The third-order valence-corrected chi connectivity index (χ3v) is 7.92. The van der Waals surface area contributed by atoms with Crippen molar-refractivity contribution in [3.8, 4) is 0 Å². The predicted molar refractivity (Wildman–Crippen MR) is 116 cm³/mol. The Morgan fingerprint density at radius 3 is 2.97 bits per heavy atom. The molecule has 1 fully saturated rings. The van der Waals surface area contributed by atoms with E-state index in [4.69, 9.17) is 4.74 Å². The van der Waals surface area contributed by atoms with Gasteiger partial charge in [0.25, 0.3) is 5.91 Å². The molecule has 6 nitrogen and oxygen atoms in total. The van der Waals surface area contributed by atoms with Crippen molar-refractivity contribution in [2.24, 2.45) is 7.05 Å². The third kappa shape index (κ3) is 3.52. The van der Waals surface area contributed by atoms with E-state index >= 15 is 0 Å². The molecule has 2 aliphatic heterocycles. The molecule has 1 aliphatic carbocycles. The van der Waals surface area contributed by atoms with Gasteiger partial charge in [-0.3, -0.25) is 9.48 Å². The SMILES string of the molecule is Cc1nn(C)c2c1C(NC(=O)c1cc3c(s1)C1(CCNCC1)OCC3)CCC2.Cl. The van der Waals surface area contributed by atoms with Gasteiger partial charge in [-0.25, -0.2) is 0 Å². The smallest absolute Gasteiger partial charge is 0.261 e. The number of piperidine rings is 1. The molecule has 1 unspecified atom stereocenters. The minimum atomic E-state index is -0.181. The lowest BCUT2D eigenvalue weighted by Crippen LogP contribution is -2.43. The Bertz CT molecular complexity index is 916. The maximum atomic E-state index is 13.1. The molecule has 2 aromatic heterocycles. The van der Waals surface area contributed by atoms with Crippen LogP contribution in [0.15, 0.2) is 6.07 Å². The molecular formula is C21H29ClN4O2S. The molecule has 1 atom stereocenters. The van der Waals surface area contributed by atoms with Crippen LogP contribution in [0.2, 0.25) is 0 Å². The highest BCUT2D eigenvalue weighted by Gasteiger charge is 2.41. The maximum absolute atomic E-state index is 13.1. The lowest BCUT2D eigenvalue weighted by Gasteiger charge is -2.40. The molecule has 8 heteroatoms. The number of hydrogen-bond acceptors (Lipinski definition) is 5. The van der Waals surface area contributed by atoms with Gasteiger partial charge in [0.05, 0.1) is 23.2 Å². The lowest BCUT2D eigenvalue weighted by atomic mass is 9.86. The van der Waals surface area contributed by atoms with Crippen LogP contribution < -0.4 is 10.6 Å². The van der Waals surface area contributed by atoms with E-state index in [9.17, 15) is 4.79 Å². The molecule has 158 valence electrons. The van der Waals surface area contributed by atoms with Crippen LogP contribution in [-0.2, 0) is 30.2 Å². The van der Waals surface area contributed by atoms with Crippen LogP contribution in [-0.4, -0.2) is 35.4 Å². The summed E-state index contributed by atoms with van der Waals surface area (Å²) in [6, 6.07) is 2.18. The summed E-state index contributed by atoms with van der Waals surface area (Å²) in [5.74, 6) is 0.0459. The first kappa shape index (κ1) is 20.8. The second-order valence-corrected chi connectivity index (χ2v) is 9.35. The van der Waals surface area contributed by atoms with Crippen molar-refractivity contribution in [3.63, 3.8) is 0 Å². The van der Waals surface area contributed by atoms with Gasteiger partial charge in [0.2, 0.25) is 0 Å². The Kier molecular flexibility index (Phi) is 5.77. The first-order valence-corrected chi connectivity index (χ1v) is 11.2. The number of halogens is 1. The van der Waals surface area contributed by atoms with Crippen molar-refractivity contribution in [1.82, 2.24) is 20.4 Å². The van der Waals surface area contributed by atoms with Crippen molar-refractivity contribution in [2.45, 2.75) is 57.1 Å². The molecule has 4 heterocycles. The number of nitrogens with one attached hydrogen (secondary N) is 2. The predicted octanol–water partition coefficient (Wildman–Crippen LogP) is 3.17. The average molecular weight is 437 g/mol. The second-order valence-electron chi connectivity index (χ2n) is 8.30. The maximum Gasteiger partial charge on any atom is 0.261 e. The normalized spacial score (nSPS) is 22.5.